The van der Waals surface area contributed by atoms with Crippen molar-refractivity contribution in [3.05, 3.63) is 70.5 Å². The quantitative estimate of drug-likeness (QED) is 0.414. The SMILES string of the molecule is O=C(OCc1nc(-c2ccccc2Cl)no1)c1cccc[n+]1[O-]. The number of hydrogen-bond acceptors (Lipinski definition) is 6. The van der Waals surface area contributed by atoms with Gasteiger partial charge in [0.25, 0.3) is 5.89 Å². The van der Waals surface area contributed by atoms with Crippen LogP contribution in [0.2, 0.25) is 5.02 Å². The fourth-order valence-electron chi connectivity index (χ4n) is 1.85. The zero-order chi connectivity index (χ0) is 16.2. The number of rotatable bonds is 4. The third-order valence-corrected chi connectivity index (χ3v) is 3.27. The van der Waals surface area contributed by atoms with Crippen molar-refractivity contribution >= 4 is 17.6 Å². The van der Waals surface area contributed by atoms with Gasteiger partial charge in [-0.2, -0.15) is 9.71 Å². The van der Waals surface area contributed by atoms with Crippen LogP contribution < -0.4 is 4.73 Å². The molecule has 8 heteroatoms. The van der Waals surface area contributed by atoms with E-state index in [1.165, 1.54) is 18.3 Å². The van der Waals surface area contributed by atoms with Gasteiger partial charge in [0.2, 0.25) is 5.82 Å². The lowest BCUT2D eigenvalue weighted by atomic mass is 10.2. The lowest BCUT2D eigenvalue weighted by Crippen LogP contribution is -2.34. The van der Waals surface area contributed by atoms with E-state index in [1.54, 1.807) is 30.3 Å². The third-order valence-electron chi connectivity index (χ3n) is 2.94. The predicted molar refractivity (Wildman–Crippen MR) is 79.3 cm³/mol. The molecule has 3 rings (SSSR count). The Kier molecular flexibility index (Phi) is 4.20. The van der Waals surface area contributed by atoms with Crippen LogP contribution in [0.15, 0.2) is 53.2 Å². The van der Waals surface area contributed by atoms with Gasteiger partial charge in [-0.3, -0.25) is 0 Å². The van der Waals surface area contributed by atoms with Crippen molar-refractivity contribution in [1.82, 2.24) is 10.1 Å². The first-order valence-corrected chi connectivity index (χ1v) is 6.96. The second-order valence-electron chi connectivity index (χ2n) is 4.48. The van der Waals surface area contributed by atoms with E-state index in [0.29, 0.717) is 21.1 Å². The van der Waals surface area contributed by atoms with Crippen molar-refractivity contribution in [3.8, 4) is 11.4 Å². The fraction of sp³-hybridized carbons (Fsp3) is 0.0667. The van der Waals surface area contributed by atoms with Crippen LogP contribution in [-0.2, 0) is 11.3 Å². The van der Waals surface area contributed by atoms with E-state index in [1.807, 2.05) is 0 Å². The van der Waals surface area contributed by atoms with Crippen molar-refractivity contribution < 1.29 is 18.8 Å². The monoisotopic (exact) mass is 331 g/mol. The van der Waals surface area contributed by atoms with Crippen LogP contribution in [-0.4, -0.2) is 16.1 Å². The summed E-state index contributed by atoms with van der Waals surface area (Å²) in [6, 6.07) is 11.5. The molecule has 23 heavy (non-hydrogen) atoms. The minimum absolute atomic E-state index is 0.0987. The number of hydrogen-bond donors (Lipinski definition) is 0. The Hall–Kier alpha value is -2.93. The van der Waals surface area contributed by atoms with Crippen LogP contribution >= 0.6 is 11.6 Å². The summed E-state index contributed by atoms with van der Waals surface area (Å²) in [5.74, 6) is -0.389. The average molecular weight is 332 g/mol. The van der Waals surface area contributed by atoms with Crippen molar-refractivity contribution in [3.63, 3.8) is 0 Å². The normalized spacial score (nSPS) is 10.5. The summed E-state index contributed by atoms with van der Waals surface area (Å²) in [7, 11) is 0. The molecule has 0 bridgehead atoms. The molecule has 0 saturated heterocycles. The molecule has 7 nitrogen and oxygen atoms in total. The number of esters is 1. The van der Waals surface area contributed by atoms with E-state index >= 15 is 0 Å². The number of pyridine rings is 1. The molecule has 0 N–H and O–H groups in total. The van der Waals surface area contributed by atoms with Crippen molar-refractivity contribution in [2.45, 2.75) is 6.61 Å². The standard InChI is InChI=1S/C15H10ClN3O4/c16-11-6-2-1-5-10(11)14-17-13(23-18-14)9-22-15(20)12-7-3-4-8-19(12)21/h1-8H,9H2. The van der Waals surface area contributed by atoms with Crippen LogP contribution in [0.4, 0.5) is 0 Å². The maximum absolute atomic E-state index is 11.8. The lowest BCUT2D eigenvalue weighted by Gasteiger charge is -2.02. The van der Waals surface area contributed by atoms with Crippen LogP contribution in [0.1, 0.15) is 16.4 Å². The third kappa shape index (κ3) is 3.29. The molecule has 3 aromatic rings. The van der Waals surface area contributed by atoms with E-state index < -0.39 is 5.97 Å². The maximum atomic E-state index is 11.8. The molecule has 0 amide bonds. The summed E-state index contributed by atoms with van der Waals surface area (Å²) < 4.78 is 10.4. The molecule has 0 atom stereocenters. The van der Waals surface area contributed by atoms with E-state index in [-0.39, 0.29) is 18.2 Å². The number of carbonyl (C=O) groups is 1. The second kappa shape index (κ2) is 6.45. The molecule has 0 aliphatic heterocycles. The Balaban J connectivity index is 1.70. The molecule has 0 aliphatic rings. The molecule has 0 unspecified atom stereocenters. The van der Waals surface area contributed by atoms with Crippen LogP contribution in [0.25, 0.3) is 11.4 Å². The van der Waals surface area contributed by atoms with Gasteiger partial charge in [-0.05, 0) is 18.2 Å². The second-order valence-corrected chi connectivity index (χ2v) is 4.89. The van der Waals surface area contributed by atoms with Gasteiger partial charge in [-0.25, -0.2) is 4.79 Å². The van der Waals surface area contributed by atoms with E-state index in [2.05, 4.69) is 10.1 Å². The highest BCUT2D eigenvalue weighted by molar-refractivity contribution is 6.33. The van der Waals surface area contributed by atoms with Gasteiger partial charge in [-0.15, -0.1) is 0 Å². The Morgan fingerprint density at radius 2 is 2.04 bits per heavy atom. The molecule has 1 aromatic carbocycles. The maximum Gasteiger partial charge on any atom is 0.405 e. The molecule has 0 fully saturated rings. The molecule has 116 valence electrons. The summed E-state index contributed by atoms with van der Waals surface area (Å²) >= 11 is 6.05. The molecule has 0 saturated carbocycles. The lowest BCUT2D eigenvalue weighted by molar-refractivity contribution is -0.608. The largest absolute Gasteiger partial charge is 0.618 e. The molecule has 2 aromatic heterocycles. The summed E-state index contributed by atoms with van der Waals surface area (Å²) in [6.45, 7) is -0.245. The van der Waals surface area contributed by atoms with Gasteiger partial charge < -0.3 is 14.5 Å². The minimum Gasteiger partial charge on any atom is -0.618 e. The Labute approximate surface area is 135 Å². The molecule has 0 spiro atoms. The highest BCUT2D eigenvalue weighted by atomic mass is 35.5. The molecule has 0 aliphatic carbocycles. The average Bonchev–Trinajstić information content (AvgIpc) is 3.02. The molecule has 0 radical (unpaired) electrons. The van der Waals surface area contributed by atoms with Gasteiger partial charge in [0.05, 0.1) is 5.02 Å². The number of benzene rings is 1. The Morgan fingerprint density at radius 1 is 1.26 bits per heavy atom. The first kappa shape index (κ1) is 15.0. The fourth-order valence-corrected chi connectivity index (χ4v) is 2.07. The zero-order valence-electron chi connectivity index (χ0n) is 11.7. The summed E-state index contributed by atoms with van der Waals surface area (Å²) in [6.07, 6.45) is 1.21. The van der Waals surface area contributed by atoms with Crippen LogP contribution in [0, 0.1) is 5.21 Å². The van der Waals surface area contributed by atoms with Gasteiger partial charge in [0, 0.05) is 17.7 Å². The van der Waals surface area contributed by atoms with E-state index in [9.17, 15) is 10.0 Å². The van der Waals surface area contributed by atoms with Gasteiger partial charge in [-0.1, -0.05) is 28.9 Å². The van der Waals surface area contributed by atoms with Crippen molar-refractivity contribution in [2.24, 2.45) is 0 Å². The highest BCUT2D eigenvalue weighted by Crippen LogP contribution is 2.24. The number of halogens is 1. The first-order valence-electron chi connectivity index (χ1n) is 6.58. The number of nitrogens with zero attached hydrogens (tertiary/aromatic N) is 3. The number of carbonyl (C=O) groups excluding carboxylic acids is 1. The number of aromatic nitrogens is 3. The Morgan fingerprint density at radius 3 is 2.83 bits per heavy atom. The molecular weight excluding hydrogens is 322 g/mol. The summed E-state index contributed by atoms with van der Waals surface area (Å²) in [4.78, 5) is 15.9. The van der Waals surface area contributed by atoms with Crippen LogP contribution in [0.3, 0.4) is 0 Å². The van der Waals surface area contributed by atoms with Gasteiger partial charge in [0.1, 0.15) is 0 Å². The predicted octanol–water partition coefficient (Wildman–Crippen LogP) is 2.38. The van der Waals surface area contributed by atoms with E-state index in [4.69, 9.17) is 20.9 Å². The minimum atomic E-state index is -0.780. The zero-order valence-corrected chi connectivity index (χ0v) is 12.4. The topological polar surface area (TPSA) is 92.2 Å². The highest BCUT2D eigenvalue weighted by Gasteiger charge is 2.19. The van der Waals surface area contributed by atoms with Gasteiger partial charge in [0.15, 0.2) is 12.8 Å². The molecular formula is C15H10ClN3O4. The summed E-state index contributed by atoms with van der Waals surface area (Å²) in [5.41, 5.74) is 0.481. The van der Waals surface area contributed by atoms with Crippen molar-refractivity contribution in [1.29, 1.82) is 0 Å². The first-order chi connectivity index (χ1) is 11.1. The van der Waals surface area contributed by atoms with Gasteiger partial charge >= 0.3 is 11.7 Å². The Bertz CT molecular complexity index is 850. The smallest absolute Gasteiger partial charge is 0.405 e. The number of ether oxygens (including phenoxy) is 1. The summed E-state index contributed by atoms with van der Waals surface area (Å²) in [5, 5.41) is 15.7. The molecule has 2 heterocycles. The van der Waals surface area contributed by atoms with Crippen LogP contribution in [0.5, 0.6) is 0 Å². The van der Waals surface area contributed by atoms with Crippen molar-refractivity contribution in [2.75, 3.05) is 0 Å². The van der Waals surface area contributed by atoms with E-state index in [0.717, 1.165) is 0 Å².